The Balaban J connectivity index is 1.22. The van der Waals surface area contributed by atoms with Crippen LogP contribution >= 0.6 is 11.6 Å². The lowest BCUT2D eigenvalue weighted by atomic mass is 10.2. The third-order valence-corrected chi connectivity index (χ3v) is 4.63. The van der Waals surface area contributed by atoms with Gasteiger partial charge in [0.25, 0.3) is 0 Å². The van der Waals surface area contributed by atoms with Crippen molar-refractivity contribution in [3.8, 4) is 0 Å². The Morgan fingerprint density at radius 3 is 2.50 bits per heavy atom. The van der Waals surface area contributed by atoms with Crippen LogP contribution in [0, 0.1) is 11.6 Å². The molecule has 0 fully saturated rings. The van der Waals surface area contributed by atoms with Gasteiger partial charge in [0.05, 0.1) is 31.9 Å². The molecule has 0 aliphatic carbocycles. The number of fused-ring (bicyclic) bond motifs is 1. The average Bonchev–Trinajstić information content (AvgIpc) is 2.73. The molecule has 0 bridgehead atoms. The second-order valence-electron chi connectivity index (χ2n) is 6.58. The molecule has 0 spiro atoms. The van der Waals surface area contributed by atoms with Gasteiger partial charge in [-0.05, 0) is 30.3 Å². The Hall–Kier alpha value is -2.32. The van der Waals surface area contributed by atoms with Crippen molar-refractivity contribution in [2.24, 2.45) is 0 Å². The maximum absolute atomic E-state index is 13.5. The Kier molecular flexibility index (Phi) is 8.77. The van der Waals surface area contributed by atoms with Gasteiger partial charge in [-0.15, -0.1) is 0 Å². The van der Waals surface area contributed by atoms with Crippen LogP contribution in [0.1, 0.15) is 5.56 Å². The van der Waals surface area contributed by atoms with Gasteiger partial charge in [0.1, 0.15) is 11.6 Å². The molecule has 1 aromatic heterocycles. The van der Waals surface area contributed by atoms with Crippen molar-refractivity contribution in [1.82, 2.24) is 10.3 Å². The first-order valence-corrected chi connectivity index (χ1v) is 10.1. The molecule has 0 amide bonds. The van der Waals surface area contributed by atoms with Crippen LogP contribution in [-0.2, 0) is 16.0 Å². The topological polar surface area (TPSA) is 55.4 Å². The number of ether oxygens (including phenoxy) is 2. The fourth-order valence-corrected chi connectivity index (χ4v) is 3.05. The molecule has 0 saturated heterocycles. The van der Waals surface area contributed by atoms with Crippen molar-refractivity contribution in [3.05, 3.63) is 70.9 Å². The summed E-state index contributed by atoms with van der Waals surface area (Å²) >= 11 is 6.00. The molecule has 8 heteroatoms. The SMILES string of the molecule is Fc1ccc(CNCCOCCOCCNc2ccnc3cc(Cl)ccc23)c(F)c1. The van der Waals surface area contributed by atoms with Crippen molar-refractivity contribution >= 4 is 28.2 Å². The van der Waals surface area contributed by atoms with Crippen molar-refractivity contribution in [1.29, 1.82) is 0 Å². The zero-order chi connectivity index (χ0) is 21.2. The lowest BCUT2D eigenvalue weighted by Crippen LogP contribution is -2.21. The zero-order valence-corrected chi connectivity index (χ0v) is 17.2. The van der Waals surface area contributed by atoms with Gasteiger partial charge < -0.3 is 20.1 Å². The molecular weight excluding hydrogens is 412 g/mol. The number of pyridine rings is 1. The number of hydrogen-bond donors (Lipinski definition) is 2. The minimum Gasteiger partial charge on any atom is -0.382 e. The maximum atomic E-state index is 13.5. The number of benzene rings is 2. The molecule has 0 aliphatic heterocycles. The van der Waals surface area contributed by atoms with E-state index in [0.29, 0.717) is 56.6 Å². The molecule has 0 atom stereocenters. The zero-order valence-electron chi connectivity index (χ0n) is 16.5. The van der Waals surface area contributed by atoms with Crippen LogP contribution in [0.4, 0.5) is 14.5 Å². The van der Waals surface area contributed by atoms with Crippen LogP contribution in [0.25, 0.3) is 10.9 Å². The summed E-state index contributed by atoms with van der Waals surface area (Å²) in [6.45, 7) is 3.54. The molecule has 0 radical (unpaired) electrons. The van der Waals surface area contributed by atoms with Crippen LogP contribution in [0.2, 0.25) is 5.02 Å². The molecule has 0 unspecified atom stereocenters. The Labute approximate surface area is 179 Å². The minimum absolute atomic E-state index is 0.327. The number of rotatable bonds is 12. The van der Waals surface area contributed by atoms with Crippen LogP contribution in [-0.4, -0.2) is 44.5 Å². The predicted molar refractivity (Wildman–Crippen MR) is 115 cm³/mol. The first-order valence-electron chi connectivity index (χ1n) is 9.72. The highest BCUT2D eigenvalue weighted by Crippen LogP contribution is 2.24. The number of aromatic nitrogens is 1. The first-order chi connectivity index (χ1) is 14.6. The second-order valence-corrected chi connectivity index (χ2v) is 7.02. The average molecular weight is 436 g/mol. The van der Waals surface area contributed by atoms with Crippen molar-refractivity contribution in [2.45, 2.75) is 6.54 Å². The van der Waals surface area contributed by atoms with Gasteiger partial charge in [0.2, 0.25) is 0 Å². The van der Waals surface area contributed by atoms with Crippen molar-refractivity contribution < 1.29 is 18.3 Å². The molecule has 2 aromatic carbocycles. The molecule has 1 heterocycles. The van der Waals surface area contributed by atoms with Gasteiger partial charge in [0.15, 0.2) is 0 Å². The summed E-state index contributed by atoms with van der Waals surface area (Å²) in [5.74, 6) is -1.12. The third-order valence-electron chi connectivity index (χ3n) is 4.39. The van der Waals surface area contributed by atoms with E-state index in [1.54, 1.807) is 6.20 Å². The van der Waals surface area contributed by atoms with Crippen LogP contribution in [0.5, 0.6) is 0 Å². The molecule has 2 N–H and O–H groups in total. The quantitative estimate of drug-likeness (QED) is 0.413. The van der Waals surface area contributed by atoms with E-state index >= 15 is 0 Å². The lowest BCUT2D eigenvalue weighted by molar-refractivity contribution is 0.0526. The summed E-state index contributed by atoms with van der Waals surface area (Å²) in [6.07, 6.45) is 1.74. The predicted octanol–water partition coefficient (Wildman–Crippen LogP) is 4.40. The number of anilines is 1. The highest BCUT2D eigenvalue weighted by atomic mass is 35.5. The summed E-state index contributed by atoms with van der Waals surface area (Å²) in [7, 11) is 0. The molecule has 3 aromatic rings. The molecule has 5 nitrogen and oxygen atoms in total. The fourth-order valence-electron chi connectivity index (χ4n) is 2.89. The normalized spacial score (nSPS) is 11.2. The Morgan fingerprint density at radius 2 is 1.70 bits per heavy atom. The van der Waals surface area contributed by atoms with Crippen molar-refractivity contribution in [3.63, 3.8) is 0 Å². The van der Waals surface area contributed by atoms with Gasteiger partial charge in [-0.3, -0.25) is 4.98 Å². The van der Waals surface area contributed by atoms with E-state index in [9.17, 15) is 8.78 Å². The van der Waals surface area contributed by atoms with E-state index in [1.165, 1.54) is 12.1 Å². The standard InChI is InChI=1S/C22H24ClF2N3O2/c23-17-2-4-19-21(5-6-27-22(19)13-17)28-8-10-30-12-11-29-9-7-26-15-16-1-3-18(24)14-20(16)25/h1-6,13-14,26H,7-12,15H2,(H,27,28). The van der Waals surface area contributed by atoms with Crippen LogP contribution < -0.4 is 10.6 Å². The van der Waals surface area contributed by atoms with Crippen molar-refractivity contribution in [2.75, 3.05) is 44.8 Å². The summed E-state index contributed by atoms with van der Waals surface area (Å²) in [5, 5.41) is 8.07. The van der Waals surface area contributed by atoms with E-state index < -0.39 is 11.6 Å². The summed E-state index contributed by atoms with van der Waals surface area (Å²) < 4.78 is 37.4. The van der Waals surface area contributed by atoms with Gasteiger partial charge in [-0.2, -0.15) is 0 Å². The smallest absolute Gasteiger partial charge is 0.130 e. The van der Waals surface area contributed by atoms with Gasteiger partial charge in [-0.1, -0.05) is 17.7 Å². The number of halogens is 3. The van der Waals surface area contributed by atoms with E-state index in [0.717, 1.165) is 22.7 Å². The molecule has 0 saturated carbocycles. The first kappa shape index (κ1) is 22.4. The minimum atomic E-state index is -0.575. The van der Waals surface area contributed by atoms with E-state index in [1.807, 2.05) is 24.3 Å². The largest absolute Gasteiger partial charge is 0.382 e. The summed E-state index contributed by atoms with van der Waals surface area (Å²) in [5.41, 5.74) is 2.26. The number of nitrogens with one attached hydrogen (secondary N) is 2. The van der Waals surface area contributed by atoms with Crippen LogP contribution in [0.3, 0.4) is 0 Å². The second kappa shape index (κ2) is 11.8. The van der Waals surface area contributed by atoms with Gasteiger partial charge in [0, 0.05) is 53.6 Å². The molecule has 160 valence electrons. The Morgan fingerprint density at radius 1 is 0.900 bits per heavy atom. The molecule has 3 rings (SSSR count). The van der Waals surface area contributed by atoms with E-state index in [2.05, 4.69) is 15.6 Å². The summed E-state index contributed by atoms with van der Waals surface area (Å²) in [4.78, 5) is 4.32. The highest BCUT2D eigenvalue weighted by molar-refractivity contribution is 6.31. The lowest BCUT2D eigenvalue weighted by Gasteiger charge is -2.10. The van der Waals surface area contributed by atoms with Crippen LogP contribution in [0.15, 0.2) is 48.7 Å². The Bertz CT molecular complexity index is 959. The third kappa shape index (κ3) is 6.88. The summed E-state index contributed by atoms with van der Waals surface area (Å²) in [6, 6.07) is 11.1. The monoisotopic (exact) mass is 435 g/mol. The maximum Gasteiger partial charge on any atom is 0.130 e. The highest BCUT2D eigenvalue weighted by Gasteiger charge is 2.03. The van der Waals surface area contributed by atoms with E-state index in [-0.39, 0.29) is 0 Å². The molecule has 0 aliphatic rings. The number of hydrogen-bond acceptors (Lipinski definition) is 5. The van der Waals surface area contributed by atoms with Gasteiger partial charge in [-0.25, -0.2) is 8.78 Å². The molecular formula is C22H24ClF2N3O2. The molecule has 30 heavy (non-hydrogen) atoms. The number of nitrogens with zero attached hydrogens (tertiary/aromatic N) is 1. The fraction of sp³-hybridized carbons (Fsp3) is 0.318. The van der Waals surface area contributed by atoms with Gasteiger partial charge >= 0.3 is 0 Å². The van der Waals surface area contributed by atoms with E-state index in [4.69, 9.17) is 21.1 Å².